The Hall–Kier alpha value is -2.28. The summed E-state index contributed by atoms with van der Waals surface area (Å²) in [4.78, 5) is 12.3. The third kappa shape index (κ3) is 3.73. The monoisotopic (exact) mass is 383 g/mol. The molecule has 0 aromatic heterocycles. The van der Waals surface area contributed by atoms with Crippen LogP contribution < -0.4 is 19.5 Å². The van der Waals surface area contributed by atoms with E-state index in [9.17, 15) is 9.18 Å². The number of methoxy groups -OCH3 is 3. The van der Waals surface area contributed by atoms with Gasteiger partial charge in [0, 0.05) is 22.3 Å². The number of nitrogens with one attached hydrogen (secondary N) is 1. The van der Waals surface area contributed by atoms with Crippen LogP contribution in [-0.2, 0) is 0 Å². The van der Waals surface area contributed by atoms with Crippen molar-refractivity contribution in [1.82, 2.24) is 0 Å². The first-order valence-electron chi connectivity index (χ1n) is 6.56. The molecule has 0 aliphatic carbocycles. The minimum Gasteiger partial charge on any atom is -0.493 e. The molecule has 0 saturated carbocycles. The molecule has 0 fully saturated rings. The number of amides is 1. The van der Waals surface area contributed by atoms with Crippen LogP contribution in [-0.4, -0.2) is 27.2 Å². The Labute approximate surface area is 141 Å². The van der Waals surface area contributed by atoms with Crippen LogP contribution in [0, 0.1) is 5.82 Å². The van der Waals surface area contributed by atoms with Crippen molar-refractivity contribution in [2.45, 2.75) is 0 Å². The lowest BCUT2D eigenvalue weighted by Gasteiger charge is -2.15. The van der Waals surface area contributed by atoms with Crippen molar-refractivity contribution in [3.63, 3.8) is 0 Å². The molecule has 1 amide bonds. The number of halogens is 2. The standard InChI is InChI=1S/C16H15BrFNO4/c1-21-13-7-10(8-14(22-2)15(13)23-3)19-16(20)11-5-4-9(18)6-12(11)17/h4-8H,1-3H3,(H,19,20). The van der Waals surface area contributed by atoms with Gasteiger partial charge in [-0.1, -0.05) is 0 Å². The van der Waals surface area contributed by atoms with E-state index < -0.39 is 11.7 Å². The van der Waals surface area contributed by atoms with Crippen molar-refractivity contribution in [2.24, 2.45) is 0 Å². The fourth-order valence-electron chi connectivity index (χ4n) is 2.03. The summed E-state index contributed by atoms with van der Waals surface area (Å²) in [5.41, 5.74) is 0.765. The summed E-state index contributed by atoms with van der Waals surface area (Å²) in [6.45, 7) is 0. The molecule has 2 aromatic rings. The molecule has 1 N–H and O–H groups in total. The average Bonchev–Trinajstić information content (AvgIpc) is 2.53. The van der Waals surface area contributed by atoms with Gasteiger partial charge >= 0.3 is 0 Å². The molecule has 0 radical (unpaired) electrons. The third-order valence-corrected chi connectivity index (χ3v) is 3.75. The zero-order chi connectivity index (χ0) is 17.0. The Morgan fingerprint density at radius 1 is 1.04 bits per heavy atom. The number of carbonyl (C=O) groups excluding carboxylic acids is 1. The molecule has 7 heteroatoms. The molecule has 0 spiro atoms. The smallest absolute Gasteiger partial charge is 0.256 e. The van der Waals surface area contributed by atoms with Crippen molar-refractivity contribution in [3.8, 4) is 17.2 Å². The highest BCUT2D eigenvalue weighted by Gasteiger charge is 2.16. The first-order chi connectivity index (χ1) is 11.0. The number of hydrogen-bond donors (Lipinski definition) is 1. The zero-order valence-electron chi connectivity index (χ0n) is 12.8. The van der Waals surface area contributed by atoms with Crippen molar-refractivity contribution in [1.29, 1.82) is 0 Å². The molecule has 0 bridgehead atoms. The minimum atomic E-state index is -0.429. The molecule has 0 saturated heterocycles. The fraction of sp³-hybridized carbons (Fsp3) is 0.188. The molecule has 23 heavy (non-hydrogen) atoms. The van der Waals surface area contributed by atoms with Crippen LogP contribution in [0.4, 0.5) is 10.1 Å². The van der Waals surface area contributed by atoms with E-state index in [-0.39, 0.29) is 0 Å². The second kappa shape index (κ2) is 7.32. The molecule has 0 aliphatic rings. The largest absolute Gasteiger partial charge is 0.493 e. The van der Waals surface area contributed by atoms with E-state index in [1.807, 2.05) is 0 Å². The molecule has 2 rings (SSSR count). The Morgan fingerprint density at radius 3 is 2.13 bits per heavy atom. The van der Waals surface area contributed by atoms with E-state index >= 15 is 0 Å². The van der Waals surface area contributed by atoms with E-state index in [2.05, 4.69) is 21.2 Å². The van der Waals surface area contributed by atoms with Crippen molar-refractivity contribution in [2.75, 3.05) is 26.6 Å². The predicted molar refractivity (Wildman–Crippen MR) is 88.2 cm³/mol. The molecule has 0 atom stereocenters. The number of carbonyl (C=O) groups is 1. The van der Waals surface area contributed by atoms with Gasteiger partial charge in [0.05, 0.1) is 26.9 Å². The van der Waals surface area contributed by atoms with E-state index in [1.165, 1.54) is 39.5 Å². The number of rotatable bonds is 5. The van der Waals surface area contributed by atoms with Gasteiger partial charge in [0.25, 0.3) is 5.91 Å². The van der Waals surface area contributed by atoms with Crippen molar-refractivity contribution >= 4 is 27.5 Å². The number of hydrogen-bond acceptors (Lipinski definition) is 4. The van der Waals surface area contributed by atoms with Crippen molar-refractivity contribution in [3.05, 3.63) is 46.2 Å². The quantitative estimate of drug-likeness (QED) is 0.851. The summed E-state index contributed by atoms with van der Waals surface area (Å²) >= 11 is 3.17. The second-order valence-electron chi connectivity index (χ2n) is 4.49. The Bertz CT molecular complexity index is 711. The van der Waals surface area contributed by atoms with Gasteiger partial charge in [0.1, 0.15) is 5.82 Å². The van der Waals surface area contributed by atoms with Crippen LogP contribution in [0.15, 0.2) is 34.8 Å². The highest BCUT2D eigenvalue weighted by atomic mass is 79.9. The second-order valence-corrected chi connectivity index (χ2v) is 5.35. The lowest BCUT2D eigenvalue weighted by atomic mass is 10.2. The minimum absolute atomic E-state index is 0.306. The third-order valence-electron chi connectivity index (χ3n) is 3.10. The van der Waals surface area contributed by atoms with Crippen LogP contribution >= 0.6 is 15.9 Å². The molecule has 0 heterocycles. The number of anilines is 1. The maximum absolute atomic E-state index is 13.1. The molecule has 5 nitrogen and oxygen atoms in total. The topological polar surface area (TPSA) is 56.8 Å². The first kappa shape index (κ1) is 17.1. The number of benzene rings is 2. The van der Waals surface area contributed by atoms with E-state index in [4.69, 9.17) is 14.2 Å². The Morgan fingerprint density at radius 2 is 1.65 bits per heavy atom. The van der Waals surface area contributed by atoms with Gasteiger partial charge in [0.2, 0.25) is 5.75 Å². The van der Waals surface area contributed by atoms with Crippen LogP contribution in [0.25, 0.3) is 0 Å². The normalized spacial score (nSPS) is 10.1. The lowest BCUT2D eigenvalue weighted by Crippen LogP contribution is -2.13. The lowest BCUT2D eigenvalue weighted by molar-refractivity contribution is 0.102. The molecule has 0 unspecified atom stereocenters. The van der Waals surface area contributed by atoms with Crippen LogP contribution in [0.5, 0.6) is 17.2 Å². The van der Waals surface area contributed by atoms with Gasteiger partial charge in [-0.3, -0.25) is 4.79 Å². The summed E-state index contributed by atoms with van der Waals surface area (Å²) in [6, 6.07) is 7.05. The van der Waals surface area contributed by atoms with Crippen LogP contribution in [0.1, 0.15) is 10.4 Å². The van der Waals surface area contributed by atoms with Gasteiger partial charge in [-0.05, 0) is 34.1 Å². The molecular formula is C16H15BrFNO4. The van der Waals surface area contributed by atoms with E-state index in [0.29, 0.717) is 33.0 Å². The summed E-state index contributed by atoms with van der Waals surface area (Å²) in [5.74, 6) is 0.434. The van der Waals surface area contributed by atoms with Gasteiger partial charge in [-0.25, -0.2) is 4.39 Å². The number of ether oxygens (including phenoxy) is 3. The van der Waals surface area contributed by atoms with Gasteiger partial charge in [-0.2, -0.15) is 0 Å². The molecular weight excluding hydrogens is 369 g/mol. The summed E-state index contributed by atoms with van der Waals surface area (Å²) in [5, 5.41) is 2.71. The van der Waals surface area contributed by atoms with Crippen LogP contribution in [0.2, 0.25) is 0 Å². The van der Waals surface area contributed by atoms with Crippen LogP contribution in [0.3, 0.4) is 0 Å². The summed E-state index contributed by atoms with van der Waals surface area (Å²) in [7, 11) is 4.47. The fourth-order valence-corrected chi connectivity index (χ4v) is 2.56. The van der Waals surface area contributed by atoms with Gasteiger partial charge in [0.15, 0.2) is 11.5 Å². The predicted octanol–water partition coefficient (Wildman–Crippen LogP) is 3.87. The Kier molecular flexibility index (Phi) is 5.44. The Balaban J connectivity index is 2.34. The van der Waals surface area contributed by atoms with Crippen molar-refractivity contribution < 1.29 is 23.4 Å². The first-order valence-corrected chi connectivity index (χ1v) is 7.35. The maximum Gasteiger partial charge on any atom is 0.256 e. The summed E-state index contributed by atoms with van der Waals surface area (Å²) in [6.07, 6.45) is 0. The highest BCUT2D eigenvalue weighted by molar-refractivity contribution is 9.10. The zero-order valence-corrected chi connectivity index (χ0v) is 14.4. The highest BCUT2D eigenvalue weighted by Crippen LogP contribution is 2.40. The molecule has 0 aliphatic heterocycles. The molecule has 122 valence electrons. The van der Waals surface area contributed by atoms with E-state index in [1.54, 1.807) is 12.1 Å². The summed E-state index contributed by atoms with van der Waals surface area (Å²) < 4.78 is 29.2. The van der Waals surface area contributed by atoms with Gasteiger partial charge < -0.3 is 19.5 Å². The maximum atomic E-state index is 13.1. The van der Waals surface area contributed by atoms with Gasteiger partial charge in [-0.15, -0.1) is 0 Å². The van der Waals surface area contributed by atoms with E-state index in [0.717, 1.165) is 0 Å². The SMILES string of the molecule is COc1cc(NC(=O)c2ccc(F)cc2Br)cc(OC)c1OC. The molecule has 2 aromatic carbocycles. The average molecular weight is 384 g/mol.